The Morgan fingerprint density at radius 2 is 2.23 bits per heavy atom. The lowest BCUT2D eigenvalue weighted by atomic mass is 9.95. The van der Waals surface area contributed by atoms with Crippen LogP contribution in [0, 0.1) is 17.2 Å². The quantitative estimate of drug-likeness (QED) is 0.697. The van der Waals surface area contributed by atoms with E-state index in [4.69, 9.17) is 4.74 Å². The van der Waals surface area contributed by atoms with Crippen LogP contribution in [0.5, 0.6) is 0 Å². The molecule has 1 atom stereocenters. The highest BCUT2D eigenvalue weighted by atomic mass is 16.5. The largest absolute Gasteiger partial charge is 0.382 e. The summed E-state index contributed by atoms with van der Waals surface area (Å²) in [6.07, 6.45) is 2.30. The van der Waals surface area contributed by atoms with Gasteiger partial charge in [0.2, 0.25) is 0 Å². The second kappa shape index (κ2) is 4.08. The molecule has 1 rings (SSSR count). The maximum atomic E-state index is 9.17. The molecule has 3 nitrogen and oxygen atoms in total. The molecule has 0 aromatic heterocycles. The van der Waals surface area contributed by atoms with E-state index in [1.165, 1.54) is 0 Å². The van der Waals surface area contributed by atoms with Crippen molar-refractivity contribution in [1.82, 2.24) is 5.32 Å². The minimum Gasteiger partial charge on any atom is -0.382 e. The zero-order valence-electron chi connectivity index (χ0n) is 8.63. The molecular weight excluding hydrogens is 164 g/mol. The molecule has 0 aliphatic heterocycles. The van der Waals surface area contributed by atoms with Crippen molar-refractivity contribution in [2.45, 2.75) is 38.3 Å². The van der Waals surface area contributed by atoms with Gasteiger partial charge in [0.15, 0.2) is 0 Å². The minimum atomic E-state index is -0.442. The van der Waals surface area contributed by atoms with E-state index in [2.05, 4.69) is 25.2 Å². The lowest BCUT2D eigenvalue weighted by molar-refractivity contribution is 0.120. The average Bonchev–Trinajstić information content (AvgIpc) is 2.85. The Labute approximate surface area is 80.1 Å². The molecule has 0 spiro atoms. The van der Waals surface area contributed by atoms with Crippen LogP contribution in [0.15, 0.2) is 0 Å². The third-order valence-electron chi connectivity index (χ3n) is 2.39. The highest BCUT2D eigenvalue weighted by Gasteiger charge is 2.46. The van der Waals surface area contributed by atoms with Crippen LogP contribution in [-0.4, -0.2) is 25.3 Å². The highest BCUT2D eigenvalue weighted by molar-refractivity contribution is 5.15. The third-order valence-corrected chi connectivity index (χ3v) is 2.39. The molecule has 0 bridgehead atoms. The van der Waals surface area contributed by atoms with Crippen LogP contribution in [0.4, 0.5) is 0 Å². The fraction of sp³-hybridized carbons (Fsp3) is 0.900. The van der Waals surface area contributed by atoms with E-state index in [1.54, 1.807) is 7.11 Å². The van der Waals surface area contributed by atoms with Gasteiger partial charge >= 0.3 is 0 Å². The summed E-state index contributed by atoms with van der Waals surface area (Å²) in [5, 5.41) is 12.5. The molecule has 3 heteroatoms. The first-order valence-electron chi connectivity index (χ1n) is 4.82. The summed E-state index contributed by atoms with van der Waals surface area (Å²) in [6, 6.07) is 2.70. The van der Waals surface area contributed by atoms with E-state index in [9.17, 15) is 5.26 Å². The van der Waals surface area contributed by atoms with Gasteiger partial charge < -0.3 is 4.74 Å². The number of nitriles is 1. The second-order valence-electron chi connectivity index (χ2n) is 4.09. The highest BCUT2D eigenvalue weighted by Crippen LogP contribution is 2.39. The molecule has 0 aromatic carbocycles. The average molecular weight is 182 g/mol. The van der Waals surface area contributed by atoms with Gasteiger partial charge in [-0.15, -0.1) is 0 Å². The van der Waals surface area contributed by atoms with Crippen molar-refractivity contribution < 1.29 is 4.74 Å². The van der Waals surface area contributed by atoms with Crippen LogP contribution < -0.4 is 5.32 Å². The summed E-state index contributed by atoms with van der Waals surface area (Å²) in [7, 11) is 1.65. The van der Waals surface area contributed by atoms with Gasteiger partial charge in [-0.3, -0.25) is 5.32 Å². The molecule has 1 unspecified atom stereocenters. The molecule has 1 saturated carbocycles. The number of nitrogens with zero attached hydrogens (tertiary/aromatic N) is 1. The molecule has 1 aliphatic carbocycles. The van der Waals surface area contributed by atoms with Gasteiger partial charge in [-0.25, -0.2) is 0 Å². The number of methoxy groups -OCH3 is 1. The fourth-order valence-electron chi connectivity index (χ4n) is 1.75. The molecule has 13 heavy (non-hydrogen) atoms. The summed E-state index contributed by atoms with van der Waals surface area (Å²) in [5.74, 6) is 0.486. The number of hydrogen-bond acceptors (Lipinski definition) is 3. The first-order valence-corrected chi connectivity index (χ1v) is 4.82. The Morgan fingerprint density at radius 3 is 2.54 bits per heavy atom. The second-order valence-corrected chi connectivity index (χ2v) is 4.09. The Morgan fingerprint density at radius 1 is 1.62 bits per heavy atom. The molecule has 0 amide bonds. The smallest absolute Gasteiger partial charge is 0.133 e. The van der Waals surface area contributed by atoms with Crippen molar-refractivity contribution in [2.24, 2.45) is 5.92 Å². The van der Waals surface area contributed by atoms with E-state index in [1.807, 2.05) is 0 Å². The van der Waals surface area contributed by atoms with Crippen LogP contribution >= 0.6 is 0 Å². The maximum absolute atomic E-state index is 9.17. The van der Waals surface area contributed by atoms with E-state index in [-0.39, 0.29) is 0 Å². The van der Waals surface area contributed by atoms with Gasteiger partial charge in [-0.05, 0) is 32.6 Å². The first kappa shape index (κ1) is 10.5. The monoisotopic (exact) mass is 182 g/mol. The third kappa shape index (κ3) is 2.43. The number of nitrogens with one attached hydrogen (secondary N) is 1. The molecule has 1 fully saturated rings. The van der Waals surface area contributed by atoms with E-state index in [0.29, 0.717) is 18.6 Å². The zero-order valence-corrected chi connectivity index (χ0v) is 8.63. The Bertz CT molecular complexity index is 205. The maximum Gasteiger partial charge on any atom is 0.133 e. The van der Waals surface area contributed by atoms with Crippen LogP contribution in [0.1, 0.15) is 26.7 Å². The van der Waals surface area contributed by atoms with E-state index < -0.39 is 5.54 Å². The lowest BCUT2D eigenvalue weighted by Gasteiger charge is -2.29. The Kier molecular flexibility index (Phi) is 3.29. The van der Waals surface area contributed by atoms with Crippen molar-refractivity contribution >= 4 is 0 Å². The molecule has 0 saturated heterocycles. The minimum absolute atomic E-state index is 0.329. The van der Waals surface area contributed by atoms with Gasteiger partial charge in [0.05, 0.1) is 12.7 Å². The SMILES string of the molecule is COCC(C#N)(NC(C)C)C1CC1. The molecule has 0 radical (unpaired) electrons. The van der Waals surface area contributed by atoms with Crippen LogP contribution in [0.2, 0.25) is 0 Å². The first-order chi connectivity index (χ1) is 6.14. The van der Waals surface area contributed by atoms with Gasteiger partial charge in [0.25, 0.3) is 0 Å². The standard InChI is InChI=1S/C10H18N2O/c1-8(2)12-10(6-11,7-13-3)9-4-5-9/h8-9,12H,4-5,7H2,1-3H3. The van der Waals surface area contributed by atoms with Gasteiger partial charge in [-0.2, -0.15) is 5.26 Å². The van der Waals surface area contributed by atoms with Gasteiger partial charge in [0, 0.05) is 13.2 Å². The zero-order chi connectivity index (χ0) is 9.90. The van der Waals surface area contributed by atoms with Crippen molar-refractivity contribution in [3.8, 4) is 6.07 Å². The summed E-state index contributed by atoms with van der Waals surface area (Å²) in [5.41, 5.74) is -0.442. The number of rotatable bonds is 5. The molecule has 1 aliphatic rings. The van der Waals surface area contributed by atoms with Crippen LogP contribution in [-0.2, 0) is 4.74 Å². The molecule has 0 heterocycles. The molecular formula is C10H18N2O. The molecule has 0 aromatic rings. The lowest BCUT2D eigenvalue weighted by Crippen LogP contribution is -2.52. The van der Waals surface area contributed by atoms with Crippen molar-refractivity contribution in [1.29, 1.82) is 5.26 Å². The number of hydrogen-bond donors (Lipinski definition) is 1. The van der Waals surface area contributed by atoms with Crippen molar-refractivity contribution in [3.05, 3.63) is 0 Å². The Hall–Kier alpha value is -0.590. The summed E-state index contributed by atoms with van der Waals surface area (Å²) < 4.78 is 5.12. The predicted octanol–water partition coefficient (Wildman–Crippen LogP) is 1.30. The van der Waals surface area contributed by atoms with Gasteiger partial charge in [-0.1, -0.05) is 0 Å². The van der Waals surface area contributed by atoms with Crippen LogP contribution in [0.25, 0.3) is 0 Å². The molecule has 1 N–H and O–H groups in total. The van der Waals surface area contributed by atoms with Crippen LogP contribution in [0.3, 0.4) is 0 Å². The van der Waals surface area contributed by atoms with E-state index >= 15 is 0 Å². The normalized spacial score (nSPS) is 21.2. The van der Waals surface area contributed by atoms with Crippen molar-refractivity contribution in [3.63, 3.8) is 0 Å². The van der Waals surface area contributed by atoms with Crippen molar-refractivity contribution in [2.75, 3.05) is 13.7 Å². The predicted molar refractivity (Wildman–Crippen MR) is 51.2 cm³/mol. The summed E-state index contributed by atoms with van der Waals surface area (Å²) in [4.78, 5) is 0. The molecule has 74 valence electrons. The van der Waals surface area contributed by atoms with E-state index in [0.717, 1.165) is 12.8 Å². The summed E-state index contributed by atoms with van der Waals surface area (Å²) in [6.45, 7) is 4.61. The summed E-state index contributed by atoms with van der Waals surface area (Å²) >= 11 is 0. The Balaban J connectivity index is 2.65. The topological polar surface area (TPSA) is 45.0 Å². The number of ether oxygens (including phenoxy) is 1. The van der Waals surface area contributed by atoms with Gasteiger partial charge in [0.1, 0.15) is 5.54 Å². The fourth-order valence-corrected chi connectivity index (χ4v) is 1.75.